The van der Waals surface area contributed by atoms with Crippen LogP contribution in [0.5, 0.6) is 0 Å². The molecule has 1 aromatic heterocycles. The van der Waals surface area contributed by atoms with E-state index < -0.39 is 11.7 Å². The van der Waals surface area contributed by atoms with Gasteiger partial charge in [-0.1, -0.05) is 11.3 Å². The van der Waals surface area contributed by atoms with Gasteiger partial charge in [0.1, 0.15) is 0 Å². The van der Waals surface area contributed by atoms with Gasteiger partial charge in [0.05, 0.1) is 16.9 Å². The summed E-state index contributed by atoms with van der Waals surface area (Å²) in [6.45, 7) is 4.60. The van der Waals surface area contributed by atoms with Crippen molar-refractivity contribution < 1.29 is 18.0 Å². The van der Waals surface area contributed by atoms with Crippen molar-refractivity contribution in [1.29, 1.82) is 0 Å². The molecule has 7 heteroatoms. The quantitative estimate of drug-likeness (QED) is 0.796. The third-order valence-corrected chi connectivity index (χ3v) is 2.99. The molecule has 0 aliphatic heterocycles. The summed E-state index contributed by atoms with van der Waals surface area (Å²) in [5.41, 5.74) is 0.678. The summed E-state index contributed by atoms with van der Waals surface area (Å²) in [5.74, 6) is -0.279. The normalized spacial score (nSPS) is 11.7. The largest absolute Gasteiger partial charge is 0.416 e. The minimum absolute atomic E-state index is 0.154. The highest BCUT2D eigenvalue weighted by molar-refractivity contribution is 5.93. The van der Waals surface area contributed by atoms with Crippen molar-refractivity contribution >= 4 is 5.78 Å². The molecular formula is C13H12F3N3O. The van der Waals surface area contributed by atoms with Gasteiger partial charge in [0.25, 0.3) is 0 Å². The molecule has 20 heavy (non-hydrogen) atoms. The van der Waals surface area contributed by atoms with E-state index in [4.69, 9.17) is 0 Å². The van der Waals surface area contributed by atoms with E-state index in [1.165, 1.54) is 17.7 Å². The number of hydrogen-bond acceptors (Lipinski definition) is 3. The second-order valence-electron chi connectivity index (χ2n) is 4.49. The minimum Gasteiger partial charge on any atom is -0.293 e. The number of aryl methyl sites for hydroxylation is 1. The summed E-state index contributed by atoms with van der Waals surface area (Å²) in [4.78, 5) is 11.3. The first-order valence-corrected chi connectivity index (χ1v) is 5.83. The Morgan fingerprint density at radius 3 is 2.40 bits per heavy atom. The van der Waals surface area contributed by atoms with Crippen LogP contribution in [0.4, 0.5) is 13.2 Å². The van der Waals surface area contributed by atoms with Crippen LogP contribution in [0, 0.1) is 13.8 Å². The zero-order valence-electron chi connectivity index (χ0n) is 11.1. The predicted molar refractivity (Wildman–Crippen MR) is 65.8 cm³/mol. The molecule has 0 unspecified atom stereocenters. The SMILES string of the molecule is CC(=O)c1nnn(-c2cc(C(F)(F)F)ccc2C)c1C. The molecule has 0 aliphatic carbocycles. The first-order valence-electron chi connectivity index (χ1n) is 5.83. The summed E-state index contributed by atoms with van der Waals surface area (Å²) >= 11 is 0. The highest BCUT2D eigenvalue weighted by Gasteiger charge is 2.31. The fourth-order valence-electron chi connectivity index (χ4n) is 1.90. The molecule has 0 spiro atoms. The van der Waals surface area contributed by atoms with E-state index in [9.17, 15) is 18.0 Å². The van der Waals surface area contributed by atoms with Crippen molar-refractivity contribution in [2.45, 2.75) is 26.9 Å². The fraction of sp³-hybridized carbons (Fsp3) is 0.308. The number of rotatable bonds is 2. The number of hydrogen-bond donors (Lipinski definition) is 0. The zero-order valence-corrected chi connectivity index (χ0v) is 11.1. The maximum atomic E-state index is 12.7. The van der Waals surface area contributed by atoms with Gasteiger partial charge in [-0.3, -0.25) is 4.79 Å². The monoisotopic (exact) mass is 283 g/mol. The summed E-state index contributed by atoms with van der Waals surface area (Å²) in [5, 5.41) is 7.48. The van der Waals surface area contributed by atoms with Crippen LogP contribution in [0.2, 0.25) is 0 Å². The summed E-state index contributed by atoms with van der Waals surface area (Å²) in [7, 11) is 0. The van der Waals surface area contributed by atoms with Gasteiger partial charge in [-0.05, 0) is 31.5 Å². The number of benzene rings is 1. The summed E-state index contributed by atoms with van der Waals surface area (Å²) in [6.07, 6.45) is -4.43. The van der Waals surface area contributed by atoms with Gasteiger partial charge in [0, 0.05) is 6.92 Å². The Bertz CT molecular complexity index is 674. The van der Waals surface area contributed by atoms with Crippen molar-refractivity contribution in [2.24, 2.45) is 0 Å². The van der Waals surface area contributed by atoms with Crippen LogP contribution in [0.25, 0.3) is 5.69 Å². The van der Waals surface area contributed by atoms with Gasteiger partial charge in [0.2, 0.25) is 0 Å². The molecule has 2 rings (SSSR count). The average molecular weight is 283 g/mol. The maximum absolute atomic E-state index is 12.7. The molecule has 0 atom stereocenters. The Labute approximate surface area is 113 Å². The second-order valence-corrected chi connectivity index (χ2v) is 4.49. The molecule has 0 aliphatic rings. The van der Waals surface area contributed by atoms with Crippen LogP contribution in [-0.2, 0) is 6.18 Å². The number of Topliss-reactive ketones (excluding diaryl/α,β-unsaturated/α-hetero) is 1. The van der Waals surface area contributed by atoms with E-state index in [0.29, 0.717) is 11.3 Å². The number of carbonyl (C=O) groups is 1. The van der Waals surface area contributed by atoms with E-state index in [2.05, 4.69) is 10.3 Å². The fourth-order valence-corrected chi connectivity index (χ4v) is 1.90. The van der Waals surface area contributed by atoms with Gasteiger partial charge >= 0.3 is 6.18 Å². The lowest BCUT2D eigenvalue weighted by atomic mass is 10.1. The lowest BCUT2D eigenvalue weighted by Gasteiger charge is -2.12. The number of carbonyl (C=O) groups excluding carboxylic acids is 1. The van der Waals surface area contributed by atoms with E-state index in [-0.39, 0.29) is 17.2 Å². The van der Waals surface area contributed by atoms with E-state index >= 15 is 0 Å². The number of nitrogens with zero attached hydrogens (tertiary/aromatic N) is 3. The lowest BCUT2D eigenvalue weighted by Crippen LogP contribution is -2.09. The van der Waals surface area contributed by atoms with Gasteiger partial charge in [-0.2, -0.15) is 13.2 Å². The van der Waals surface area contributed by atoms with Crippen LogP contribution in [0.1, 0.15) is 34.2 Å². The van der Waals surface area contributed by atoms with E-state index in [0.717, 1.165) is 12.1 Å². The Hall–Kier alpha value is -2.18. The van der Waals surface area contributed by atoms with Crippen molar-refractivity contribution in [3.8, 4) is 5.69 Å². The maximum Gasteiger partial charge on any atom is 0.416 e. The highest BCUT2D eigenvalue weighted by atomic mass is 19.4. The molecule has 1 heterocycles. The zero-order chi connectivity index (χ0) is 15.1. The van der Waals surface area contributed by atoms with Crippen LogP contribution in [0.3, 0.4) is 0 Å². The second kappa shape index (κ2) is 4.73. The number of ketones is 1. The molecule has 0 N–H and O–H groups in total. The lowest BCUT2D eigenvalue weighted by molar-refractivity contribution is -0.137. The first kappa shape index (κ1) is 14.2. The predicted octanol–water partition coefficient (Wildman–Crippen LogP) is 3.11. The van der Waals surface area contributed by atoms with Crippen LogP contribution < -0.4 is 0 Å². The third-order valence-electron chi connectivity index (χ3n) is 2.99. The smallest absolute Gasteiger partial charge is 0.293 e. The van der Waals surface area contributed by atoms with Crippen molar-refractivity contribution in [1.82, 2.24) is 15.0 Å². The highest BCUT2D eigenvalue weighted by Crippen LogP contribution is 2.31. The third kappa shape index (κ3) is 2.43. The topological polar surface area (TPSA) is 47.8 Å². The van der Waals surface area contributed by atoms with E-state index in [1.807, 2.05) is 0 Å². The van der Waals surface area contributed by atoms with Crippen LogP contribution in [0.15, 0.2) is 18.2 Å². The molecule has 0 saturated heterocycles. The molecule has 0 fully saturated rings. The molecule has 0 bridgehead atoms. The molecule has 0 amide bonds. The molecule has 0 radical (unpaired) electrons. The molecule has 1 aromatic carbocycles. The Morgan fingerprint density at radius 1 is 1.25 bits per heavy atom. The molecular weight excluding hydrogens is 271 g/mol. The number of alkyl halides is 3. The first-order chi connectivity index (χ1) is 9.21. The van der Waals surface area contributed by atoms with Crippen LogP contribution >= 0.6 is 0 Å². The van der Waals surface area contributed by atoms with Gasteiger partial charge < -0.3 is 0 Å². The Morgan fingerprint density at radius 2 is 1.90 bits per heavy atom. The van der Waals surface area contributed by atoms with Gasteiger partial charge in [0.15, 0.2) is 11.5 Å². The summed E-state index contributed by atoms with van der Waals surface area (Å²) in [6, 6.07) is 3.38. The Balaban J connectivity index is 2.61. The van der Waals surface area contributed by atoms with Gasteiger partial charge in [-0.25, -0.2) is 4.68 Å². The van der Waals surface area contributed by atoms with E-state index in [1.54, 1.807) is 13.8 Å². The summed E-state index contributed by atoms with van der Waals surface area (Å²) < 4.78 is 39.5. The molecule has 4 nitrogen and oxygen atoms in total. The van der Waals surface area contributed by atoms with Crippen molar-refractivity contribution in [2.75, 3.05) is 0 Å². The number of aromatic nitrogens is 3. The van der Waals surface area contributed by atoms with Crippen molar-refractivity contribution in [3.63, 3.8) is 0 Å². The van der Waals surface area contributed by atoms with Crippen molar-refractivity contribution in [3.05, 3.63) is 40.7 Å². The van der Waals surface area contributed by atoms with Gasteiger partial charge in [-0.15, -0.1) is 5.10 Å². The molecule has 2 aromatic rings. The van der Waals surface area contributed by atoms with Crippen LogP contribution in [-0.4, -0.2) is 20.8 Å². The molecule has 106 valence electrons. The minimum atomic E-state index is -4.43. The number of halogens is 3. The standard InChI is InChI=1S/C13H12F3N3O/c1-7-4-5-10(13(14,15)16)6-11(7)19-8(2)12(9(3)20)17-18-19/h4-6H,1-3H3. The average Bonchev–Trinajstić information content (AvgIpc) is 2.70. The molecule has 0 saturated carbocycles. The Kier molecular flexibility index (Phi) is 3.37.